The van der Waals surface area contributed by atoms with Crippen LogP contribution in [0, 0.1) is 38.7 Å². The molecule has 0 saturated carbocycles. The Hall–Kier alpha value is -9.91. The van der Waals surface area contributed by atoms with Gasteiger partial charge in [-0.3, -0.25) is 37.9 Å². The van der Waals surface area contributed by atoms with Gasteiger partial charge in [0.15, 0.2) is 11.5 Å². The number of carbonyl (C=O) groups excluding carboxylic acids is 4. The number of nitriles is 1. The van der Waals surface area contributed by atoms with E-state index >= 15 is 0 Å². The summed E-state index contributed by atoms with van der Waals surface area (Å²) in [6.07, 6.45) is -0.433. The van der Waals surface area contributed by atoms with Gasteiger partial charge in [-0.05, 0) is 130 Å². The average molecular weight is 1220 g/mol. The quantitative estimate of drug-likeness (QED) is 0.0234. The number of amides is 2. The molecular formula is C66H65F3N10O10. The number of aryl methyl sites for hydroxylation is 1. The molecule has 4 aromatic carbocycles. The Labute approximate surface area is 510 Å². The maximum absolute atomic E-state index is 14.1. The molecule has 8 rings (SSSR count). The first-order chi connectivity index (χ1) is 43.0. The number of halogens is 3. The van der Waals surface area contributed by atoms with Crippen molar-refractivity contribution in [3.05, 3.63) is 205 Å². The van der Waals surface area contributed by atoms with Crippen molar-refractivity contribution in [3.8, 4) is 51.3 Å². The normalized spacial score (nSPS) is 11.3. The molecule has 0 aliphatic rings. The van der Waals surface area contributed by atoms with Crippen LogP contribution in [0.5, 0.6) is 0 Å². The maximum Gasteiger partial charge on any atom is 0.416 e. The van der Waals surface area contributed by atoms with Crippen molar-refractivity contribution in [2.24, 2.45) is 0 Å². The van der Waals surface area contributed by atoms with Gasteiger partial charge >= 0.3 is 6.18 Å². The molecule has 23 heteroatoms. The zero-order valence-corrected chi connectivity index (χ0v) is 49.3. The molecule has 2 N–H and O–H groups in total. The Bertz CT molecular complexity index is 4020. The van der Waals surface area contributed by atoms with Crippen molar-refractivity contribution in [2.45, 2.75) is 65.5 Å². The summed E-state index contributed by atoms with van der Waals surface area (Å²) in [4.78, 5) is 83.7. The number of ketones is 2. The number of Topliss-reactive ketones (excluding diaryl/α,β-unsaturated/α-hetero) is 2. The SMILES string of the molecule is [C-]#[N+]c1ccc(-n2nccc2-c2cc(C(=O)NCCOCCOCCCC(=O)CCC(=O)NCCOCCOCCCC(=O)c3cc(-c4ccnn4-c4ccc(C#N)cc4)c(C)n(-c4cccc(C)c4)c3=O)c(=O)n(-c3cccc(C(F)(F)F)c3)c2C)cc1. The lowest BCUT2D eigenvalue weighted by molar-refractivity contribution is -0.137. The van der Waals surface area contributed by atoms with Gasteiger partial charge in [-0.15, -0.1) is 0 Å². The summed E-state index contributed by atoms with van der Waals surface area (Å²) in [6.45, 7) is 14.4. The van der Waals surface area contributed by atoms with Gasteiger partial charge in [0.2, 0.25) is 5.91 Å². The van der Waals surface area contributed by atoms with Crippen molar-refractivity contribution in [1.29, 1.82) is 5.26 Å². The van der Waals surface area contributed by atoms with Crippen LogP contribution in [-0.2, 0) is 34.7 Å². The van der Waals surface area contributed by atoms with Gasteiger partial charge in [0.05, 0.1) is 104 Å². The molecule has 0 bridgehead atoms. The molecule has 8 aromatic rings. The number of hydrogen-bond donors (Lipinski definition) is 2. The lowest BCUT2D eigenvalue weighted by Crippen LogP contribution is -2.35. The molecule has 0 fully saturated rings. The third-order valence-electron chi connectivity index (χ3n) is 14.3. The standard InChI is InChI=1S/C66H65F3N10O10/c1-44-9-5-11-52(39-44)76-45(2)55(59-25-27-74-78(59)50-19-15-47(43-70)16-20-50)41-57(64(76)84)61(81)14-8-32-87-36-37-88-33-29-72-62(82)24-23-54(80)13-7-31-86-35-38-89-34-30-73-63(83)58-42-56(60-26-28-75-79(60)51-21-17-49(71-4)18-22-51)46(3)77(65(58)85)53-12-6-10-48(40-53)66(67,68)69/h5-6,9-12,15-22,25-28,39-42H,7-8,13-14,23-24,29-38H2,1-3H3,(H,72,82)(H,73,83). The number of rotatable bonds is 31. The first kappa shape index (κ1) is 65.1. The Morgan fingerprint density at radius 3 is 1.66 bits per heavy atom. The van der Waals surface area contributed by atoms with E-state index in [2.05, 4.69) is 31.7 Å². The fraction of sp³-hybridized carbons (Fsp3) is 0.303. The number of ether oxygens (including phenoxy) is 4. The lowest BCUT2D eigenvalue weighted by Gasteiger charge is -2.19. The van der Waals surface area contributed by atoms with Crippen LogP contribution < -0.4 is 21.8 Å². The minimum atomic E-state index is -4.70. The average Bonchev–Trinajstić information content (AvgIpc) is 2.11. The molecule has 2 amide bonds. The van der Waals surface area contributed by atoms with Crippen LogP contribution in [0.2, 0.25) is 0 Å². The third kappa shape index (κ3) is 17.0. The molecule has 0 unspecified atom stereocenters. The van der Waals surface area contributed by atoms with E-state index in [0.717, 1.165) is 22.3 Å². The molecule has 460 valence electrons. The molecule has 20 nitrogen and oxygen atoms in total. The lowest BCUT2D eigenvalue weighted by atomic mass is 10.0. The fourth-order valence-corrected chi connectivity index (χ4v) is 9.82. The van der Waals surface area contributed by atoms with E-state index in [1.807, 2.05) is 44.2 Å². The molecule has 0 saturated heterocycles. The second kappa shape index (κ2) is 31.1. The zero-order valence-electron chi connectivity index (χ0n) is 49.3. The smallest absolute Gasteiger partial charge is 0.379 e. The van der Waals surface area contributed by atoms with E-state index in [4.69, 9.17) is 25.5 Å². The maximum atomic E-state index is 14.1. The summed E-state index contributed by atoms with van der Waals surface area (Å²) in [5, 5.41) is 23.6. The number of nitrogens with one attached hydrogen (secondary N) is 2. The van der Waals surface area contributed by atoms with E-state index in [-0.39, 0.29) is 132 Å². The summed E-state index contributed by atoms with van der Waals surface area (Å²) < 4.78 is 69.8. The van der Waals surface area contributed by atoms with E-state index < -0.39 is 28.8 Å². The summed E-state index contributed by atoms with van der Waals surface area (Å²) in [5.41, 5.74) is 4.03. The fourth-order valence-electron chi connectivity index (χ4n) is 9.82. The molecule has 0 atom stereocenters. The van der Waals surface area contributed by atoms with Crippen molar-refractivity contribution < 1.29 is 51.3 Å². The van der Waals surface area contributed by atoms with Crippen molar-refractivity contribution in [3.63, 3.8) is 0 Å². The summed E-state index contributed by atoms with van der Waals surface area (Å²) in [6, 6.07) is 33.8. The van der Waals surface area contributed by atoms with Gasteiger partial charge in [0, 0.05) is 85.9 Å². The van der Waals surface area contributed by atoms with Crippen molar-refractivity contribution >= 4 is 29.1 Å². The molecule has 89 heavy (non-hydrogen) atoms. The summed E-state index contributed by atoms with van der Waals surface area (Å²) >= 11 is 0. The van der Waals surface area contributed by atoms with Crippen LogP contribution in [0.25, 0.3) is 50.1 Å². The highest BCUT2D eigenvalue weighted by Crippen LogP contribution is 2.33. The van der Waals surface area contributed by atoms with Gasteiger partial charge in [-0.1, -0.05) is 30.3 Å². The predicted molar refractivity (Wildman–Crippen MR) is 325 cm³/mol. The van der Waals surface area contributed by atoms with Crippen LogP contribution in [0.15, 0.2) is 143 Å². The summed E-state index contributed by atoms with van der Waals surface area (Å²) in [7, 11) is 0. The van der Waals surface area contributed by atoms with Crippen LogP contribution in [0.1, 0.15) is 87.3 Å². The first-order valence-corrected chi connectivity index (χ1v) is 28.7. The molecule has 0 aliphatic heterocycles. The Kier molecular flexibility index (Phi) is 22.8. The number of hydrogen-bond acceptors (Lipinski definition) is 13. The minimum absolute atomic E-state index is 0.0161. The van der Waals surface area contributed by atoms with Gasteiger partial charge in [0.1, 0.15) is 11.3 Å². The van der Waals surface area contributed by atoms with Crippen LogP contribution in [-0.4, -0.2) is 118 Å². The van der Waals surface area contributed by atoms with Crippen LogP contribution in [0.4, 0.5) is 18.9 Å². The first-order valence-electron chi connectivity index (χ1n) is 28.7. The van der Waals surface area contributed by atoms with Crippen LogP contribution in [0.3, 0.4) is 0 Å². The molecule has 0 spiro atoms. The second-order valence-corrected chi connectivity index (χ2v) is 20.6. The van der Waals surface area contributed by atoms with E-state index in [0.29, 0.717) is 69.4 Å². The monoisotopic (exact) mass is 1210 g/mol. The molecule has 4 aromatic heterocycles. The zero-order chi connectivity index (χ0) is 63.5. The van der Waals surface area contributed by atoms with Crippen LogP contribution >= 0.6 is 0 Å². The van der Waals surface area contributed by atoms with E-state index in [1.165, 1.54) is 29.1 Å². The highest BCUT2D eigenvalue weighted by atomic mass is 19.4. The van der Waals surface area contributed by atoms with Gasteiger partial charge in [0.25, 0.3) is 17.0 Å². The topological polar surface area (TPSA) is 237 Å². The van der Waals surface area contributed by atoms with Crippen molar-refractivity contribution in [2.75, 3.05) is 65.9 Å². The number of carbonyl (C=O) groups is 4. The molecule has 0 radical (unpaired) electrons. The Morgan fingerprint density at radius 2 is 1.10 bits per heavy atom. The van der Waals surface area contributed by atoms with E-state index in [1.54, 1.807) is 83.0 Å². The van der Waals surface area contributed by atoms with Gasteiger partial charge < -0.3 is 29.6 Å². The third-order valence-corrected chi connectivity index (χ3v) is 14.3. The minimum Gasteiger partial charge on any atom is -0.379 e. The largest absolute Gasteiger partial charge is 0.416 e. The Morgan fingerprint density at radius 1 is 0.584 bits per heavy atom. The predicted octanol–water partition coefficient (Wildman–Crippen LogP) is 9.77. The summed E-state index contributed by atoms with van der Waals surface area (Å²) in [5.74, 6) is -1.51. The van der Waals surface area contributed by atoms with Gasteiger partial charge in [-0.2, -0.15) is 28.6 Å². The highest BCUT2D eigenvalue weighted by Gasteiger charge is 2.31. The number of pyridine rings is 2. The van der Waals surface area contributed by atoms with Gasteiger partial charge in [-0.25, -0.2) is 14.2 Å². The number of aromatic nitrogens is 6. The second-order valence-electron chi connectivity index (χ2n) is 20.6. The molecule has 0 aliphatic carbocycles. The van der Waals surface area contributed by atoms with E-state index in [9.17, 15) is 47.2 Å². The molecular weight excluding hydrogens is 1150 g/mol. The highest BCUT2D eigenvalue weighted by molar-refractivity contribution is 5.97. The van der Waals surface area contributed by atoms with Crippen molar-refractivity contribution in [1.82, 2.24) is 39.3 Å². The number of nitrogens with zero attached hydrogens (tertiary/aromatic N) is 8. The Balaban J connectivity index is 0.690. The molecule has 4 heterocycles. The number of benzene rings is 4. The number of alkyl halides is 3.